The van der Waals surface area contributed by atoms with E-state index in [0.29, 0.717) is 0 Å². The highest BCUT2D eigenvalue weighted by molar-refractivity contribution is 7.89. The minimum atomic E-state index is -3.52. The van der Waals surface area contributed by atoms with Gasteiger partial charge in [0.15, 0.2) is 0 Å². The summed E-state index contributed by atoms with van der Waals surface area (Å²) in [7, 11) is -3.52. The average Bonchev–Trinajstić information content (AvgIpc) is 2.36. The third-order valence-electron chi connectivity index (χ3n) is 2.63. The molecule has 3 N–H and O–H groups in total. The van der Waals surface area contributed by atoms with E-state index in [2.05, 4.69) is 4.72 Å². The lowest BCUT2D eigenvalue weighted by molar-refractivity contribution is 0.185. The van der Waals surface area contributed by atoms with Crippen molar-refractivity contribution in [3.63, 3.8) is 0 Å². The average molecular weight is 273 g/mol. The van der Waals surface area contributed by atoms with E-state index in [1.54, 1.807) is 0 Å². The van der Waals surface area contributed by atoms with Gasteiger partial charge < -0.3 is 10.2 Å². The molecule has 0 bridgehead atoms. The molecule has 0 aromatic heterocycles. The van der Waals surface area contributed by atoms with Gasteiger partial charge in [0.05, 0.1) is 25.0 Å². The van der Waals surface area contributed by atoms with E-state index in [4.69, 9.17) is 10.2 Å². The molecule has 102 valence electrons. The Hall–Kier alpha value is -0.950. The number of aliphatic hydroxyl groups excluding tert-OH is 2. The second-order valence-corrected chi connectivity index (χ2v) is 6.07. The summed E-state index contributed by atoms with van der Waals surface area (Å²) >= 11 is 0. The smallest absolute Gasteiger partial charge is 0.212 e. The summed E-state index contributed by atoms with van der Waals surface area (Å²) in [6.45, 7) is 0.979. The molecule has 1 unspecified atom stereocenters. The first-order valence-electron chi connectivity index (χ1n) is 5.75. The van der Waals surface area contributed by atoms with Crippen LogP contribution in [0.2, 0.25) is 0 Å². The highest BCUT2D eigenvalue weighted by Crippen LogP contribution is 2.16. The number of hydrogen-bond acceptors (Lipinski definition) is 4. The Morgan fingerprint density at radius 2 is 1.72 bits per heavy atom. The Labute approximate surface area is 108 Å². The van der Waals surface area contributed by atoms with Crippen molar-refractivity contribution in [1.29, 1.82) is 0 Å². The largest absolute Gasteiger partial charge is 0.395 e. The van der Waals surface area contributed by atoms with Gasteiger partial charge in [-0.3, -0.25) is 0 Å². The molecule has 18 heavy (non-hydrogen) atoms. The number of nitrogens with one attached hydrogen (secondary N) is 1. The zero-order valence-corrected chi connectivity index (χ0v) is 11.1. The van der Waals surface area contributed by atoms with Crippen LogP contribution in [-0.4, -0.2) is 43.6 Å². The standard InChI is InChI=1S/C12H19NO4S/c1-10(11-5-3-2-4-6-11)9-18(16,17)13-12(7-14)8-15/h2-6,10,12-15H,7-9H2,1H3. The molecular weight excluding hydrogens is 254 g/mol. The molecule has 1 aromatic rings. The van der Waals surface area contributed by atoms with Crippen molar-refractivity contribution in [2.45, 2.75) is 18.9 Å². The third kappa shape index (κ3) is 4.73. The first kappa shape index (κ1) is 15.1. The van der Waals surface area contributed by atoms with Crippen LogP contribution in [0.25, 0.3) is 0 Å². The van der Waals surface area contributed by atoms with Gasteiger partial charge in [-0.05, 0) is 11.5 Å². The highest BCUT2D eigenvalue weighted by atomic mass is 32.2. The van der Waals surface area contributed by atoms with Gasteiger partial charge in [-0.2, -0.15) is 0 Å². The summed E-state index contributed by atoms with van der Waals surface area (Å²) in [6, 6.07) is 8.49. The molecule has 0 aliphatic heterocycles. The van der Waals surface area contributed by atoms with Gasteiger partial charge in [0.1, 0.15) is 0 Å². The normalized spacial score (nSPS) is 13.8. The highest BCUT2D eigenvalue weighted by Gasteiger charge is 2.20. The SMILES string of the molecule is CC(CS(=O)(=O)NC(CO)CO)c1ccccc1. The fourth-order valence-electron chi connectivity index (χ4n) is 1.64. The van der Waals surface area contributed by atoms with Crippen LogP contribution in [-0.2, 0) is 10.0 Å². The fourth-order valence-corrected chi connectivity index (χ4v) is 3.25. The predicted molar refractivity (Wildman–Crippen MR) is 69.7 cm³/mol. The molecule has 0 radical (unpaired) electrons. The Morgan fingerprint density at radius 1 is 1.17 bits per heavy atom. The van der Waals surface area contributed by atoms with Crippen molar-refractivity contribution >= 4 is 10.0 Å². The molecule has 1 atom stereocenters. The lowest BCUT2D eigenvalue weighted by Crippen LogP contribution is -2.41. The predicted octanol–water partition coefficient (Wildman–Crippen LogP) is 0.0627. The maximum Gasteiger partial charge on any atom is 0.212 e. The van der Waals surface area contributed by atoms with E-state index in [1.807, 2.05) is 37.3 Å². The number of sulfonamides is 1. The summed E-state index contributed by atoms with van der Waals surface area (Å²) in [4.78, 5) is 0. The lowest BCUT2D eigenvalue weighted by Gasteiger charge is -2.17. The van der Waals surface area contributed by atoms with Crippen LogP contribution in [0, 0.1) is 0 Å². The van der Waals surface area contributed by atoms with E-state index in [-0.39, 0.29) is 11.7 Å². The summed E-state index contributed by atoms with van der Waals surface area (Å²) in [5.74, 6) is -0.227. The summed E-state index contributed by atoms with van der Waals surface area (Å²) in [5.41, 5.74) is 0.937. The minimum absolute atomic E-state index is 0.0759. The molecule has 0 spiro atoms. The van der Waals surface area contributed by atoms with Gasteiger partial charge in [-0.25, -0.2) is 13.1 Å². The molecule has 0 aliphatic rings. The van der Waals surface area contributed by atoms with Gasteiger partial charge in [-0.15, -0.1) is 0 Å². The second-order valence-electron chi connectivity index (χ2n) is 4.27. The number of benzene rings is 1. The molecule has 0 aliphatic carbocycles. The van der Waals surface area contributed by atoms with Crippen molar-refractivity contribution in [3.05, 3.63) is 35.9 Å². The topological polar surface area (TPSA) is 86.6 Å². The van der Waals surface area contributed by atoms with Crippen LogP contribution >= 0.6 is 0 Å². The second kappa shape index (κ2) is 6.84. The number of rotatable bonds is 7. The zero-order chi connectivity index (χ0) is 13.6. The molecule has 0 saturated carbocycles. The maximum absolute atomic E-state index is 11.8. The monoisotopic (exact) mass is 273 g/mol. The molecule has 5 nitrogen and oxygen atoms in total. The molecule has 0 heterocycles. The van der Waals surface area contributed by atoms with E-state index >= 15 is 0 Å². The van der Waals surface area contributed by atoms with Gasteiger partial charge in [0.25, 0.3) is 0 Å². The van der Waals surface area contributed by atoms with Crippen LogP contribution in [0.3, 0.4) is 0 Å². The Bertz CT molecular complexity index is 442. The summed E-state index contributed by atoms with van der Waals surface area (Å²) in [6.07, 6.45) is 0. The van der Waals surface area contributed by atoms with Crippen LogP contribution in [0.15, 0.2) is 30.3 Å². The van der Waals surface area contributed by atoms with Gasteiger partial charge in [0, 0.05) is 0 Å². The quantitative estimate of drug-likeness (QED) is 0.656. The van der Waals surface area contributed by atoms with E-state index < -0.39 is 29.3 Å². The van der Waals surface area contributed by atoms with E-state index in [1.165, 1.54) is 0 Å². The zero-order valence-electron chi connectivity index (χ0n) is 10.3. The first-order chi connectivity index (χ1) is 8.48. The van der Waals surface area contributed by atoms with Crippen molar-refractivity contribution in [2.24, 2.45) is 0 Å². The van der Waals surface area contributed by atoms with Crippen LogP contribution in [0.4, 0.5) is 0 Å². The Balaban J connectivity index is 2.66. The molecule has 1 aromatic carbocycles. The maximum atomic E-state index is 11.8. The van der Waals surface area contributed by atoms with Gasteiger partial charge >= 0.3 is 0 Å². The molecule has 0 fully saturated rings. The van der Waals surface area contributed by atoms with Gasteiger partial charge in [0.2, 0.25) is 10.0 Å². The van der Waals surface area contributed by atoms with E-state index in [0.717, 1.165) is 5.56 Å². The van der Waals surface area contributed by atoms with E-state index in [9.17, 15) is 8.42 Å². The van der Waals surface area contributed by atoms with Gasteiger partial charge in [-0.1, -0.05) is 37.3 Å². The van der Waals surface area contributed by atoms with Crippen molar-refractivity contribution in [3.8, 4) is 0 Å². The molecule has 0 amide bonds. The van der Waals surface area contributed by atoms with Crippen LogP contribution < -0.4 is 4.72 Å². The molecule has 0 saturated heterocycles. The minimum Gasteiger partial charge on any atom is -0.395 e. The first-order valence-corrected chi connectivity index (χ1v) is 7.40. The molecular formula is C12H19NO4S. The Kier molecular flexibility index (Phi) is 5.74. The van der Waals surface area contributed by atoms with Crippen LogP contribution in [0.5, 0.6) is 0 Å². The van der Waals surface area contributed by atoms with Crippen molar-refractivity contribution in [1.82, 2.24) is 4.72 Å². The number of aliphatic hydroxyl groups is 2. The summed E-state index contributed by atoms with van der Waals surface area (Å²) in [5, 5.41) is 17.7. The summed E-state index contributed by atoms with van der Waals surface area (Å²) < 4.78 is 25.9. The van der Waals surface area contributed by atoms with Crippen LogP contribution in [0.1, 0.15) is 18.4 Å². The fraction of sp³-hybridized carbons (Fsp3) is 0.500. The lowest BCUT2D eigenvalue weighted by atomic mass is 10.0. The molecule has 6 heteroatoms. The molecule has 1 rings (SSSR count). The Morgan fingerprint density at radius 3 is 2.22 bits per heavy atom. The number of hydrogen-bond donors (Lipinski definition) is 3. The third-order valence-corrected chi connectivity index (χ3v) is 4.26. The van der Waals surface area contributed by atoms with Crippen molar-refractivity contribution in [2.75, 3.05) is 19.0 Å². The van der Waals surface area contributed by atoms with Crippen molar-refractivity contribution < 1.29 is 18.6 Å².